The summed E-state index contributed by atoms with van der Waals surface area (Å²) in [6.07, 6.45) is 3.89. The molecule has 1 aliphatic heterocycles. The Kier molecular flexibility index (Phi) is 6.81. The molecule has 0 bridgehead atoms. The van der Waals surface area contributed by atoms with Gasteiger partial charge in [-0.1, -0.05) is 12.5 Å². The first kappa shape index (κ1) is 24.0. The van der Waals surface area contributed by atoms with E-state index in [2.05, 4.69) is 15.5 Å². The van der Waals surface area contributed by atoms with Crippen molar-refractivity contribution in [3.63, 3.8) is 0 Å². The lowest BCUT2D eigenvalue weighted by Gasteiger charge is -2.21. The van der Waals surface area contributed by atoms with Crippen molar-refractivity contribution in [1.82, 2.24) is 19.1 Å². The van der Waals surface area contributed by atoms with Crippen LogP contribution >= 0.6 is 0 Å². The van der Waals surface area contributed by atoms with Crippen molar-refractivity contribution in [3.05, 3.63) is 59.7 Å². The molecule has 8 nitrogen and oxygen atoms in total. The number of nitrogens with one attached hydrogen (secondary N) is 1. The molecule has 1 amide bonds. The third kappa shape index (κ3) is 4.74. The van der Waals surface area contributed by atoms with Crippen molar-refractivity contribution < 1.29 is 17.6 Å². The average Bonchev–Trinajstić information content (AvgIpc) is 3.07. The van der Waals surface area contributed by atoms with E-state index in [1.165, 1.54) is 53.8 Å². The van der Waals surface area contributed by atoms with Gasteiger partial charge in [0.1, 0.15) is 11.6 Å². The number of sulfonamides is 1. The van der Waals surface area contributed by atoms with Gasteiger partial charge in [0, 0.05) is 37.3 Å². The van der Waals surface area contributed by atoms with Crippen LogP contribution in [0.2, 0.25) is 0 Å². The second kappa shape index (κ2) is 9.63. The summed E-state index contributed by atoms with van der Waals surface area (Å²) in [4.78, 5) is 12.9. The molecule has 0 saturated carbocycles. The summed E-state index contributed by atoms with van der Waals surface area (Å²) < 4.78 is 43.5. The summed E-state index contributed by atoms with van der Waals surface area (Å²) in [5, 5.41) is 11.2. The molecule has 0 spiro atoms. The molecule has 34 heavy (non-hydrogen) atoms. The fourth-order valence-electron chi connectivity index (χ4n) is 3.90. The van der Waals surface area contributed by atoms with Crippen LogP contribution in [0.15, 0.2) is 47.4 Å². The molecule has 0 unspecified atom stereocenters. The van der Waals surface area contributed by atoms with Crippen molar-refractivity contribution in [1.29, 1.82) is 0 Å². The summed E-state index contributed by atoms with van der Waals surface area (Å²) in [7, 11) is -2.24. The number of amides is 1. The minimum Gasteiger partial charge on any atom is -0.322 e. The highest BCUT2D eigenvalue weighted by atomic mass is 32.2. The summed E-state index contributed by atoms with van der Waals surface area (Å²) in [5.74, 6) is 0.324. The number of aryl methyl sites for hydroxylation is 1. The van der Waals surface area contributed by atoms with E-state index in [1.807, 2.05) is 4.57 Å². The smallest absolute Gasteiger partial charge is 0.255 e. The maximum Gasteiger partial charge on any atom is 0.255 e. The van der Waals surface area contributed by atoms with Gasteiger partial charge >= 0.3 is 0 Å². The molecule has 4 rings (SSSR count). The van der Waals surface area contributed by atoms with E-state index in [1.54, 1.807) is 13.8 Å². The fourth-order valence-corrected chi connectivity index (χ4v) is 5.32. The molecule has 0 saturated heterocycles. The summed E-state index contributed by atoms with van der Waals surface area (Å²) >= 11 is 0. The van der Waals surface area contributed by atoms with Crippen LogP contribution in [0.25, 0.3) is 11.4 Å². The number of benzene rings is 2. The predicted molar refractivity (Wildman–Crippen MR) is 127 cm³/mol. The first-order valence-corrected chi connectivity index (χ1v) is 12.7. The van der Waals surface area contributed by atoms with Gasteiger partial charge in [0.15, 0.2) is 5.82 Å². The lowest BCUT2D eigenvalue weighted by molar-refractivity contribution is 0.102. The van der Waals surface area contributed by atoms with Gasteiger partial charge in [0.25, 0.3) is 5.91 Å². The number of hydrogen-bond donors (Lipinski definition) is 1. The van der Waals surface area contributed by atoms with E-state index in [9.17, 15) is 17.6 Å². The normalized spacial score (nSPS) is 14.2. The van der Waals surface area contributed by atoms with Gasteiger partial charge in [0.05, 0.1) is 10.5 Å². The molecule has 0 radical (unpaired) electrons. The van der Waals surface area contributed by atoms with Crippen LogP contribution in [0.3, 0.4) is 0 Å². The zero-order chi connectivity index (χ0) is 24.5. The summed E-state index contributed by atoms with van der Waals surface area (Å²) in [6, 6.07) is 9.90. The average molecular weight is 486 g/mol. The Morgan fingerprint density at radius 3 is 2.68 bits per heavy atom. The van der Waals surface area contributed by atoms with Crippen LogP contribution in [0.5, 0.6) is 0 Å². The van der Waals surface area contributed by atoms with Gasteiger partial charge in [-0.05, 0) is 63.1 Å². The molecular weight excluding hydrogens is 457 g/mol. The van der Waals surface area contributed by atoms with Crippen molar-refractivity contribution in [2.45, 2.75) is 57.0 Å². The van der Waals surface area contributed by atoms with Gasteiger partial charge in [-0.25, -0.2) is 12.8 Å². The van der Waals surface area contributed by atoms with Gasteiger partial charge in [-0.2, -0.15) is 4.31 Å². The molecule has 0 atom stereocenters. The van der Waals surface area contributed by atoms with Gasteiger partial charge in [0.2, 0.25) is 10.0 Å². The molecule has 0 fully saturated rings. The molecule has 1 aliphatic rings. The first-order valence-electron chi connectivity index (χ1n) is 11.3. The molecule has 10 heteroatoms. The van der Waals surface area contributed by atoms with Gasteiger partial charge < -0.3 is 9.88 Å². The standard InChI is InChI=1S/C24H28FN5O3S/c1-16(2)29(3)34(32,33)19-9-7-8-17(14-19)24(31)26-18-11-12-21(25)20(15-18)23-28-27-22-10-5-4-6-13-30(22)23/h7-9,11-12,14-16H,4-6,10,13H2,1-3H3,(H,26,31). The number of halogens is 1. The van der Waals surface area contributed by atoms with E-state index in [0.29, 0.717) is 11.5 Å². The van der Waals surface area contributed by atoms with Crippen LogP contribution < -0.4 is 5.32 Å². The van der Waals surface area contributed by atoms with E-state index in [-0.39, 0.29) is 22.1 Å². The topological polar surface area (TPSA) is 97.2 Å². The Balaban J connectivity index is 1.60. The Morgan fingerprint density at radius 2 is 1.91 bits per heavy atom. The van der Waals surface area contributed by atoms with Crippen LogP contribution in [0.4, 0.5) is 10.1 Å². The van der Waals surface area contributed by atoms with Gasteiger partial charge in [-0.3, -0.25) is 4.79 Å². The number of rotatable bonds is 6. The van der Waals surface area contributed by atoms with Crippen molar-refractivity contribution in [2.24, 2.45) is 0 Å². The zero-order valence-corrected chi connectivity index (χ0v) is 20.3. The highest BCUT2D eigenvalue weighted by molar-refractivity contribution is 7.89. The second-order valence-electron chi connectivity index (χ2n) is 8.69. The Labute approximate surface area is 198 Å². The lowest BCUT2D eigenvalue weighted by atomic mass is 10.1. The van der Waals surface area contributed by atoms with Gasteiger partial charge in [-0.15, -0.1) is 10.2 Å². The molecule has 3 aromatic rings. The number of anilines is 1. The van der Waals surface area contributed by atoms with Crippen LogP contribution in [0, 0.1) is 5.82 Å². The van der Waals surface area contributed by atoms with E-state index in [4.69, 9.17) is 0 Å². The van der Waals surface area contributed by atoms with Crippen LogP contribution in [0.1, 0.15) is 49.3 Å². The fraction of sp³-hybridized carbons (Fsp3) is 0.375. The lowest BCUT2D eigenvalue weighted by Crippen LogP contribution is -2.33. The van der Waals surface area contributed by atoms with Crippen molar-refractivity contribution >= 4 is 21.6 Å². The number of aromatic nitrogens is 3. The van der Waals surface area contributed by atoms with Crippen LogP contribution in [-0.4, -0.2) is 46.5 Å². The Bertz CT molecular complexity index is 1320. The quantitative estimate of drug-likeness (QED) is 0.567. The highest BCUT2D eigenvalue weighted by Crippen LogP contribution is 2.28. The van der Waals surface area contributed by atoms with Crippen LogP contribution in [-0.2, 0) is 23.0 Å². The molecule has 1 aromatic heterocycles. The molecule has 1 N–H and O–H groups in total. The Hall–Kier alpha value is -3.11. The zero-order valence-electron chi connectivity index (χ0n) is 19.5. The first-order chi connectivity index (χ1) is 16.2. The van der Waals surface area contributed by atoms with E-state index in [0.717, 1.165) is 38.1 Å². The predicted octanol–water partition coefficient (Wildman–Crippen LogP) is 4.09. The highest BCUT2D eigenvalue weighted by Gasteiger charge is 2.24. The van der Waals surface area contributed by atoms with E-state index >= 15 is 0 Å². The third-order valence-electron chi connectivity index (χ3n) is 6.08. The number of hydrogen-bond acceptors (Lipinski definition) is 5. The monoisotopic (exact) mass is 485 g/mol. The SMILES string of the molecule is CC(C)N(C)S(=O)(=O)c1cccc(C(=O)Nc2ccc(F)c(-c3nnc4n3CCCCC4)c2)c1. The minimum atomic E-state index is -3.74. The number of carbonyl (C=O) groups is 1. The maximum atomic E-state index is 14.7. The number of carbonyl (C=O) groups excluding carboxylic acids is 1. The molecule has 2 heterocycles. The third-order valence-corrected chi connectivity index (χ3v) is 8.10. The molecule has 0 aliphatic carbocycles. The Morgan fingerprint density at radius 1 is 1.12 bits per heavy atom. The summed E-state index contributed by atoms with van der Waals surface area (Å²) in [5.41, 5.74) is 0.814. The molecule has 180 valence electrons. The maximum absolute atomic E-state index is 14.7. The van der Waals surface area contributed by atoms with E-state index < -0.39 is 21.7 Å². The summed E-state index contributed by atoms with van der Waals surface area (Å²) in [6.45, 7) is 4.27. The molecular formula is C24H28FN5O3S. The van der Waals surface area contributed by atoms with Crippen molar-refractivity contribution in [3.8, 4) is 11.4 Å². The van der Waals surface area contributed by atoms with Crippen molar-refractivity contribution in [2.75, 3.05) is 12.4 Å². The number of nitrogens with zero attached hydrogens (tertiary/aromatic N) is 4. The second-order valence-corrected chi connectivity index (χ2v) is 10.7. The largest absolute Gasteiger partial charge is 0.322 e. The number of fused-ring (bicyclic) bond motifs is 1. The molecule has 2 aromatic carbocycles. The minimum absolute atomic E-state index is 0.0299.